The van der Waals surface area contributed by atoms with E-state index in [0.717, 1.165) is 100 Å². The number of rotatable bonds is 7. The smallest absolute Gasteiger partial charge is 0.227 e. The number of hydrogen-bond donors (Lipinski definition) is 0. The predicted octanol–water partition coefficient (Wildman–Crippen LogP) is 14.6. The summed E-state index contributed by atoms with van der Waals surface area (Å²) in [6.07, 6.45) is 0. The Kier molecular flexibility index (Phi) is 7.42. The number of furan rings is 2. The fourth-order valence-corrected chi connectivity index (χ4v) is 7.66. The van der Waals surface area contributed by atoms with E-state index in [9.17, 15) is 0 Å². The molecule has 0 saturated carbocycles. The van der Waals surface area contributed by atoms with E-state index in [-0.39, 0.29) is 0 Å². The molecular weight excluding hydrogens is 689 g/mol. The minimum absolute atomic E-state index is 0.621. The minimum atomic E-state index is 0.621. The lowest BCUT2D eigenvalue weighted by Crippen LogP contribution is -2.09. The molecule has 11 aromatic rings. The van der Waals surface area contributed by atoms with Gasteiger partial charge in [-0.2, -0.15) is 0 Å². The number of aromatic nitrogens is 1. The van der Waals surface area contributed by atoms with Crippen LogP contribution >= 0.6 is 0 Å². The van der Waals surface area contributed by atoms with Crippen molar-refractivity contribution in [3.05, 3.63) is 194 Å². The molecule has 0 spiro atoms. The first-order valence-corrected chi connectivity index (χ1v) is 18.7. The Morgan fingerprint density at radius 2 is 0.857 bits per heavy atom. The first-order chi connectivity index (χ1) is 27.7. The van der Waals surface area contributed by atoms with Crippen LogP contribution in [0.5, 0.6) is 0 Å². The van der Waals surface area contributed by atoms with E-state index in [4.69, 9.17) is 13.3 Å². The van der Waals surface area contributed by atoms with E-state index in [1.807, 2.05) is 54.6 Å². The number of fused-ring (bicyclic) bond motifs is 5. The van der Waals surface area contributed by atoms with Crippen LogP contribution in [0.3, 0.4) is 0 Å². The van der Waals surface area contributed by atoms with E-state index < -0.39 is 0 Å². The average Bonchev–Trinajstić information content (AvgIpc) is 4.00. The summed E-state index contributed by atoms with van der Waals surface area (Å²) in [5.74, 6) is 1.47. The lowest BCUT2D eigenvalue weighted by Gasteiger charge is -2.26. The quantitative estimate of drug-likeness (QED) is 0.164. The van der Waals surface area contributed by atoms with Gasteiger partial charge in [0.15, 0.2) is 5.58 Å². The Morgan fingerprint density at radius 3 is 1.54 bits per heavy atom. The molecule has 0 fully saturated rings. The van der Waals surface area contributed by atoms with E-state index >= 15 is 0 Å². The Morgan fingerprint density at radius 1 is 0.339 bits per heavy atom. The Balaban J connectivity index is 0.927. The second kappa shape index (κ2) is 13.0. The normalized spacial score (nSPS) is 11.6. The third-order valence-electron chi connectivity index (χ3n) is 10.6. The first-order valence-electron chi connectivity index (χ1n) is 18.7. The molecule has 264 valence electrons. The number of oxazole rings is 1. The van der Waals surface area contributed by atoms with Crippen LogP contribution in [0.15, 0.2) is 207 Å². The van der Waals surface area contributed by atoms with Crippen LogP contribution in [-0.4, -0.2) is 4.98 Å². The van der Waals surface area contributed by atoms with Gasteiger partial charge in [-0.15, -0.1) is 0 Å². The zero-order chi connectivity index (χ0) is 37.0. The Labute approximate surface area is 322 Å². The third kappa shape index (κ3) is 5.62. The van der Waals surface area contributed by atoms with Crippen molar-refractivity contribution in [2.75, 3.05) is 4.90 Å². The highest BCUT2D eigenvalue weighted by Crippen LogP contribution is 2.39. The van der Waals surface area contributed by atoms with Crippen molar-refractivity contribution in [1.29, 1.82) is 0 Å². The molecule has 0 unspecified atom stereocenters. The van der Waals surface area contributed by atoms with Crippen molar-refractivity contribution in [3.8, 4) is 45.0 Å². The number of benzene rings is 8. The molecule has 0 N–H and O–H groups in total. The van der Waals surface area contributed by atoms with Gasteiger partial charge in [0.05, 0.1) is 0 Å². The molecule has 0 aliphatic rings. The van der Waals surface area contributed by atoms with Crippen molar-refractivity contribution < 1.29 is 13.3 Å². The van der Waals surface area contributed by atoms with Crippen LogP contribution in [-0.2, 0) is 0 Å². The van der Waals surface area contributed by atoms with E-state index in [2.05, 4.69) is 149 Å². The molecule has 5 heteroatoms. The molecule has 3 heterocycles. The largest absolute Gasteiger partial charge is 0.456 e. The van der Waals surface area contributed by atoms with Gasteiger partial charge in [-0.1, -0.05) is 91.0 Å². The highest BCUT2D eigenvalue weighted by Gasteiger charge is 2.16. The molecule has 0 aliphatic carbocycles. The maximum absolute atomic E-state index is 6.21. The van der Waals surface area contributed by atoms with Crippen molar-refractivity contribution in [2.24, 2.45) is 0 Å². The van der Waals surface area contributed by atoms with Gasteiger partial charge in [0.25, 0.3) is 0 Å². The molecule has 5 nitrogen and oxygen atoms in total. The summed E-state index contributed by atoms with van der Waals surface area (Å²) in [6, 6.07) is 67.1. The molecule has 0 saturated heterocycles. The van der Waals surface area contributed by atoms with Gasteiger partial charge in [-0.05, 0) is 125 Å². The lowest BCUT2D eigenvalue weighted by molar-refractivity contribution is 0.620. The van der Waals surface area contributed by atoms with Gasteiger partial charge < -0.3 is 18.2 Å². The Hall–Kier alpha value is -7.63. The molecule has 11 rings (SSSR count). The maximum atomic E-state index is 6.21. The van der Waals surface area contributed by atoms with Gasteiger partial charge in [0.2, 0.25) is 5.89 Å². The second-order valence-corrected chi connectivity index (χ2v) is 14.0. The summed E-state index contributed by atoms with van der Waals surface area (Å²) in [5, 5.41) is 3.35. The van der Waals surface area contributed by atoms with Gasteiger partial charge in [-0.25, -0.2) is 4.98 Å². The zero-order valence-electron chi connectivity index (χ0n) is 30.1. The molecule has 8 aromatic carbocycles. The summed E-state index contributed by atoms with van der Waals surface area (Å²) >= 11 is 0. The van der Waals surface area contributed by atoms with Crippen molar-refractivity contribution in [1.82, 2.24) is 4.98 Å². The summed E-state index contributed by atoms with van der Waals surface area (Å²) in [5.41, 5.74) is 13.9. The predicted molar refractivity (Wildman–Crippen MR) is 227 cm³/mol. The molecule has 3 aromatic heterocycles. The standard InChI is InChI=1S/C51H32N2O3/c1-4-10-46-39(7-1)32-49(54-46)36-21-28-42(29-22-36)53(41-26-19-35(20-27-41)38-23-30-44-43-8-2-5-11-47(43)55-50(44)31-38)40-24-17-34(18-25-40)33-13-15-37(16-14-33)51-52-45-9-3-6-12-48(45)56-51/h1-32H. The van der Waals surface area contributed by atoms with Crippen LogP contribution in [0.2, 0.25) is 0 Å². The number of para-hydroxylation sites is 4. The molecular formula is C51H32N2O3. The summed E-state index contributed by atoms with van der Waals surface area (Å²) in [7, 11) is 0. The van der Waals surface area contributed by atoms with Crippen molar-refractivity contribution in [2.45, 2.75) is 0 Å². The fraction of sp³-hybridized carbons (Fsp3) is 0. The number of nitrogens with zero attached hydrogens (tertiary/aromatic N) is 2. The van der Waals surface area contributed by atoms with Crippen molar-refractivity contribution >= 4 is 61.1 Å². The Bertz CT molecular complexity index is 3100. The number of anilines is 3. The first kappa shape index (κ1) is 31.9. The molecule has 0 aliphatic heterocycles. The monoisotopic (exact) mass is 720 g/mol. The average molecular weight is 721 g/mol. The van der Waals surface area contributed by atoms with Crippen LogP contribution in [0.1, 0.15) is 0 Å². The SMILES string of the molecule is c1ccc2oc(-c3ccc(N(c4ccc(-c5ccc(-c6nc7ccccc7o6)cc5)cc4)c4ccc(-c5ccc6c(c5)oc5ccccc56)cc4)cc3)cc2c1. The van der Waals surface area contributed by atoms with Gasteiger partial charge in [-0.3, -0.25) is 0 Å². The lowest BCUT2D eigenvalue weighted by atomic mass is 10.0. The summed E-state index contributed by atoms with van der Waals surface area (Å²) < 4.78 is 18.4. The highest BCUT2D eigenvalue weighted by atomic mass is 16.3. The van der Waals surface area contributed by atoms with Crippen LogP contribution in [0.4, 0.5) is 17.1 Å². The number of hydrogen-bond acceptors (Lipinski definition) is 5. The minimum Gasteiger partial charge on any atom is -0.456 e. The van der Waals surface area contributed by atoms with E-state index in [1.54, 1.807) is 0 Å². The van der Waals surface area contributed by atoms with E-state index in [1.165, 1.54) is 0 Å². The van der Waals surface area contributed by atoms with Crippen LogP contribution in [0.25, 0.3) is 89.0 Å². The van der Waals surface area contributed by atoms with E-state index in [0.29, 0.717) is 5.89 Å². The molecule has 0 amide bonds. The molecule has 0 bridgehead atoms. The maximum Gasteiger partial charge on any atom is 0.227 e. The zero-order valence-corrected chi connectivity index (χ0v) is 30.1. The van der Waals surface area contributed by atoms with Crippen LogP contribution in [0, 0.1) is 0 Å². The molecule has 0 atom stereocenters. The molecule has 0 radical (unpaired) electrons. The van der Waals surface area contributed by atoms with Gasteiger partial charge in [0.1, 0.15) is 28.0 Å². The second-order valence-electron chi connectivity index (χ2n) is 14.0. The topological polar surface area (TPSA) is 55.6 Å². The van der Waals surface area contributed by atoms with Crippen LogP contribution < -0.4 is 4.90 Å². The fourth-order valence-electron chi connectivity index (χ4n) is 7.66. The van der Waals surface area contributed by atoms with Gasteiger partial charge in [0, 0.05) is 44.3 Å². The van der Waals surface area contributed by atoms with Crippen molar-refractivity contribution in [3.63, 3.8) is 0 Å². The van der Waals surface area contributed by atoms with Gasteiger partial charge >= 0.3 is 0 Å². The molecule has 56 heavy (non-hydrogen) atoms. The third-order valence-corrected chi connectivity index (χ3v) is 10.6. The summed E-state index contributed by atoms with van der Waals surface area (Å²) in [6.45, 7) is 0. The highest BCUT2D eigenvalue weighted by molar-refractivity contribution is 6.06. The summed E-state index contributed by atoms with van der Waals surface area (Å²) in [4.78, 5) is 6.95.